The molecule has 1 saturated heterocycles. The zero-order chi connectivity index (χ0) is 15.5. The van der Waals surface area contributed by atoms with Crippen molar-refractivity contribution in [2.75, 3.05) is 58.4 Å². The summed E-state index contributed by atoms with van der Waals surface area (Å²) in [6, 6.07) is 0.527. The minimum Gasteiger partial charge on any atom is -0.379 e. The first-order valence-electron chi connectivity index (χ1n) is 7.94. The second kappa shape index (κ2) is 13.7. The lowest BCUT2D eigenvalue weighted by Gasteiger charge is -2.37. The zero-order valence-corrected chi connectivity index (χ0v) is 17.6. The van der Waals surface area contributed by atoms with Crippen LogP contribution in [0, 0.1) is 5.92 Å². The first-order valence-corrected chi connectivity index (χ1v) is 9.33. The van der Waals surface area contributed by atoms with Crippen molar-refractivity contribution in [2.24, 2.45) is 10.9 Å². The second-order valence-electron chi connectivity index (χ2n) is 5.69. The van der Waals surface area contributed by atoms with Crippen LogP contribution in [0.3, 0.4) is 0 Å². The molecule has 0 spiro atoms. The summed E-state index contributed by atoms with van der Waals surface area (Å²) in [7, 11) is 1.84. The Bertz CT molecular complexity index is 299. The van der Waals surface area contributed by atoms with Crippen LogP contribution < -0.4 is 10.6 Å². The third-order valence-corrected chi connectivity index (χ3v) is 4.50. The molecule has 1 aliphatic heterocycles. The number of ether oxygens (including phenoxy) is 1. The van der Waals surface area contributed by atoms with E-state index in [-0.39, 0.29) is 24.0 Å². The third kappa shape index (κ3) is 8.79. The van der Waals surface area contributed by atoms with Gasteiger partial charge in [0.25, 0.3) is 0 Å². The molecule has 2 N–H and O–H groups in total. The van der Waals surface area contributed by atoms with E-state index in [1.54, 1.807) is 0 Å². The van der Waals surface area contributed by atoms with Crippen LogP contribution in [0.5, 0.6) is 0 Å². The van der Waals surface area contributed by atoms with Crippen molar-refractivity contribution < 1.29 is 4.74 Å². The van der Waals surface area contributed by atoms with Crippen molar-refractivity contribution in [3.05, 3.63) is 0 Å². The molecule has 1 rings (SSSR count). The first kappa shape index (κ1) is 22.3. The molecule has 1 atom stereocenters. The van der Waals surface area contributed by atoms with Crippen molar-refractivity contribution in [1.82, 2.24) is 15.5 Å². The highest BCUT2D eigenvalue weighted by Crippen LogP contribution is 2.12. The van der Waals surface area contributed by atoms with E-state index in [1.807, 2.05) is 18.8 Å². The molecular weight excluding hydrogens is 411 g/mol. The van der Waals surface area contributed by atoms with Gasteiger partial charge in [0.15, 0.2) is 5.96 Å². The predicted octanol–water partition coefficient (Wildman–Crippen LogP) is 1.88. The van der Waals surface area contributed by atoms with Crippen molar-refractivity contribution in [1.29, 1.82) is 0 Å². The van der Waals surface area contributed by atoms with Crippen LogP contribution in [0.4, 0.5) is 0 Å². The topological polar surface area (TPSA) is 48.9 Å². The van der Waals surface area contributed by atoms with Crippen LogP contribution in [0.2, 0.25) is 0 Å². The maximum absolute atomic E-state index is 5.45. The standard InChI is InChI=1S/C15H32N4OS.HI/c1-13(2)14(19-7-9-20-10-8-19)12-18-15(16-3)17-6-5-11-21-4;/h13-14H,5-12H2,1-4H3,(H2,16,17,18);1H. The molecule has 5 nitrogen and oxygen atoms in total. The Labute approximate surface area is 157 Å². The molecule has 0 aromatic carbocycles. The molecule has 22 heavy (non-hydrogen) atoms. The fraction of sp³-hybridized carbons (Fsp3) is 0.933. The largest absolute Gasteiger partial charge is 0.379 e. The van der Waals surface area contributed by atoms with E-state index >= 15 is 0 Å². The van der Waals surface area contributed by atoms with Crippen LogP contribution in [-0.2, 0) is 4.74 Å². The van der Waals surface area contributed by atoms with Gasteiger partial charge >= 0.3 is 0 Å². The summed E-state index contributed by atoms with van der Waals surface area (Å²) < 4.78 is 5.45. The minimum atomic E-state index is 0. The highest BCUT2D eigenvalue weighted by atomic mass is 127. The third-order valence-electron chi connectivity index (χ3n) is 3.80. The number of guanidine groups is 1. The van der Waals surface area contributed by atoms with E-state index in [1.165, 1.54) is 12.2 Å². The monoisotopic (exact) mass is 444 g/mol. The average molecular weight is 444 g/mol. The zero-order valence-electron chi connectivity index (χ0n) is 14.4. The van der Waals surface area contributed by atoms with E-state index in [9.17, 15) is 0 Å². The molecule has 0 amide bonds. The molecule has 0 aliphatic carbocycles. The van der Waals surface area contributed by atoms with Gasteiger partial charge < -0.3 is 15.4 Å². The van der Waals surface area contributed by atoms with Gasteiger partial charge in [-0.05, 0) is 24.3 Å². The summed E-state index contributed by atoms with van der Waals surface area (Å²) in [4.78, 5) is 6.84. The Morgan fingerprint density at radius 3 is 2.50 bits per heavy atom. The van der Waals surface area contributed by atoms with Gasteiger partial charge in [0.2, 0.25) is 0 Å². The van der Waals surface area contributed by atoms with E-state index in [0.29, 0.717) is 12.0 Å². The molecular formula is C15H33IN4OS. The van der Waals surface area contributed by atoms with Crippen LogP contribution in [0.1, 0.15) is 20.3 Å². The molecule has 1 heterocycles. The van der Waals surface area contributed by atoms with E-state index in [2.05, 4.69) is 40.6 Å². The molecule has 1 aliphatic rings. The Kier molecular flexibility index (Phi) is 13.9. The summed E-state index contributed by atoms with van der Waals surface area (Å²) >= 11 is 1.88. The quantitative estimate of drug-likeness (QED) is 0.259. The van der Waals surface area contributed by atoms with Gasteiger partial charge in [-0.1, -0.05) is 13.8 Å². The minimum absolute atomic E-state index is 0. The number of hydrogen-bond acceptors (Lipinski definition) is 4. The summed E-state index contributed by atoms with van der Waals surface area (Å²) in [5.41, 5.74) is 0. The summed E-state index contributed by atoms with van der Waals surface area (Å²) in [5.74, 6) is 2.71. The molecule has 0 bridgehead atoms. The predicted molar refractivity (Wildman–Crippen MR) is 109 cm³/mol. The number of aliphatic imine (C=N–C) groups is 1. The number of halogens is 1. The fourth-order valence-corrected chi connectivity index (χ4v) is 2.97. The molecule has 132 valence electrons. The average Bonchev–Trinajstić information content (AvgIpc) is 2.50. The van der Waals surface area contributed by atoms with Gasteiger partial charge in [-0.2, -0.15) is 11.8 Å². The number of hydrogen-bond donors (Lipinski definition) is 2. The van der Waals surface area contributed by atoms with Gasteiger partial charge in [-0.25, -0.2) is 0 Å². The van der Waals surface area contributed by atoms with E-state index in [0.717, 1.165) is 45.4 Å². The molecule has 0 saturated carbocycles. The van der Waals surface area contributed by atoms with Gasteiger partial charge in [-0.3, -0.25) is 9.89 Å². The van der Waals surface area contributed by atoms with Gasteiger partial charge in [-0.15, -0.1) is 24.0 Å². The van der Waals surface area contributed by atoms with Crippen molar-refractivity contribution in [3.63, 3.8) is 0 Å². The number of morpholine rings is 1. The number of thioether (sulfide) groups is 1. The van der Waals surface area contributed by atoms with Crippen molar-refractivity contribution in [3.8, 4) is 0 Å². The highest BCUT2D eigenvalue weighted by molar-refractivity contribution is 14.0. The lowest BCUT2D eigenvalue weighted by Crippen LogP contribution is -2.52. The van der Waals surface area contributed by atoms with Crippen LogP contribution in [0.25, 0.3) is 0 Å². The molecule has 0 radical (unpaired) electrons. The van der Waals surface area contributed by atoms with E-state index in [4.69, 9.17) is 4.74 Å². The Hall–Kier alpha value is 0.270. The lowest BCUT2D eigenvalue weighted by molar-refractivity contribution is 0.00752. The fourth-order valence-electron chi connectivity index (χ4n) is 2.54. The number of nitrogens with zero attached hydrogens (tertiary/aromatic N) is 2. The molecule has 1 unspecified atom stereocenters. The Balaban J connectivity index is 0.00000441. The van der Waals surface area contributed by atoms with Crippen LogP contribution >= 0.6 is 35.7 Å². The van der Waals surface area contributed by atoms with Gasteiger partial charge in [0.1, 0.15) is 0 Å². The van der Waals surface area contributed by atoms with Crippen LogP contribution in [-0.4, -0.2) is 75.4 Å². The molecule has 0 aromatic rings. The number of nitrogens with one attached hydrogen (secondary N) is 2. The maximum atomic E-state index is 5.45. The first-order chi connectivity index (χ1) is 10.2. The highest BCUT2D eigenvalue weighted by Gasteiger charge is 2.23. The van der Waals surface area contributed by atoms with Crippen LogP contribution in [0.15, 0.2) is 4.99 Å². The maximum Gasteiger partial charge on any atom is 0.191 e. The molecule has 0 aromatic heterocycles. The normalized spacial score (nSPS) is 18.0. The smallest absolute Gasteiger partial charge is 0.191 e. The molecule has 7 heteroatoms. The second-order valence-corrected chi connectivity index (χ2v) is 6.67. The summed E-state index contributed by atoms with van der Waals surface area (Å²) in [5, 5.41) is 6.86. The van der Waals surface area contributed by atoms with E-state index < -0.39 is 0 Å². The summed E-state index contributed by atoms with van der Waals surface area (Å²) in [6.45, 7) is 10.3. The SMILES string of the molecule is CN=C(NCCCSC)NCC(C(C)C)N1CCOCC1.I. The molecule has 1 fully saturated rings. The lowest BCUT2D eigenvalue weighted by atomic mass is 10.0. The van der Waals surface area contributed by atoms with Crippen molar-refractivity contribution in [2.45, 2.75) is 26.3 Å². The number of rotatable bonds is 8. The Morgan fingerprint density at radius 1 is 1.27 bits per heavy atom. The van der Waals surface area contributed by atoms with Crippen molar-refractivity contribution >= 4 is 41.7 Å². The summed E-state index contributed by atoms with van der Waals surface area (Å²) in [6.07, 6.45) is 3.31. The van der Waals surface area contributed by atoms with Gasteiger partial charge in [0, 0.05) is 39.3 Å². The Morgan fingerprint density at radius 2 is 1.95 bits per heavy atom. The van der Waals surface area contributed by atoms with Gasteiger partial charge in [0.05, 0.1) is 13.2 Å².